The van der Waals surface area contributed by atoms with Crippen molar-refractivity contribution < 1.29 is 4.42 Å². The van der Waals surface area contributed by atoms with Crippen LogP contribution in [0.2, 0.25) is 0 Å². The van der Waals surface area contributed by atoms with Crippen LogP contribution in [0.5, 0.6) is 0 Å². The van der Waals surface area contributed by atoms with Crippen LogP contribution in [0, 0.1) is 6.92 Å². The number of rotatable bonds is 4. The molecule has 0 spiro atoms. The number of nitrogens with zero attached hydrogens (tertiary/aromatic N) is 2. The number of aromatic nitrogens is 2. The Balaban J connectivity index is 1.91. The van der Waals surface area contributed by atoms with Crippen LogP contribution in [0.1, 0.15) is 30.3 Å². The smallest absolute Gasteiger partial charge is 0.141 e. The molecule has 16 heavy (non-hydrogen) atoms. The van der Waals surface area contributed by atoms with Crippen molar-refractivity contribution in [1.29, 1.82) is 0 Å². The minimum Gasteiger partial charge on any atom is -0.465 e. The van der Waals surface area contributed by atoms with E-state index in [1.165, 1.54) is 0 Å². The Morgan fingerprint density at radius 3 is 2.69 bits per heavy atom. The van der Waals surface area contributed by atoms with Gasteiger partial charge in [0.05, 0.1) is 12.6 Å². The number of hydrogen-bond donors (Lipinski definition) is 1. The number of aryl methyl sites for hydroxylation is 1. The molecule has 0 aliphatic rings. The zero-order chi connectivity index (χ0) is 11.4. The van der Waals surface area contributed by atoms with E-state index in [0.717, 1.165) is 17.3 Å². The predicted octanol–water partition coefficient (Wildman–Crippen LogP) is 2.23. The van der Waals surface area contributed by atoms with Crippen LogP contribution in [-0.2, 0) is 6.54 Å². The molecule has 0 aliphatic heterocycles. The molecule has 4 heteroatoms. The first-order valence-corrected chi connectivity index (χ1v) is 5.31. The molecular weight excluding hydrogens is 202 g/mol. The lowest BCUT2D eigenvalue weighted by atomic mass is 10.2. The third-order valence-corrected chi connectivity index (χ3v) is 2.37. The van der Waals surface area contributed by atoms with Gasteiger partial charge in [-0.2, -0.15) is 0 Å². The largest absolute Gasteiger partial charge is 0.465 e. The first-order valence-electron chi connectivity index (χ1n) is 5.31. The summed E-state index contributed by atoms with van der Waals surface area (Å²) in [5.74, 6) is 2.66. The lowest BCUT2D eigenvalue weighted by Crippen LogP contribution is -2.18. The van der Waals surface area contributed by atoms with E-state index < -0.39 is 0 Å². The minimum atomic E-state index is 0.164. The van der Waals surface area contributed by atoms with Crippen molar-refractivity contribution in [3.05, 3.63) is 47.9 Å². The summed E-state index contributed by atoms with van der Waals surface area (Å²) in [7, 11) is 0. The van der Waals surface area contributed by atoms with Gasteiger partial charge in [0.1, 0.15) is 17.3 Å². The van der Waals surface area contributed by atoms with Crippen molar-refractivity contribution in [2.24, 2.45) is 0 Å². The van der Waals surface area contributed by atoms with E-state index in [9.17, 15) is 0 Å². The summed E-state index contributed by atoms with van der Waals surface area (Å²) in [5.41, 5.74) is 0. The summed E-state index contributed by atoms with van der Waals surface area (Å²) in [6, 6.07) is 5.92. The summed E-state index contributed by atoms with van der Waals surface area (Å²) >= 11 is 0. The van der Waals surface area contributed by atoms with Crippen molar-refractivity contribution in [3.63, 3.8) is 0 Å². The molecule has 0 radical (unpaired) electrons. The molecule has 0 aromatic carbocycles. The van der Waals surface area contributed by atoms with Crippen molar-refractivity contribution in [2.75, 3.05) is 0 Å². The molecule has 84 valence electrons. The first kappa shape index (κ1) is 10.8. The van der Waals surface area contributed by atoms with Crippen molar-refractivity contribution >= 4 is 0 Å². The molecule has 2 aromatic rings. The van der Waals surface area contributed by atoms with Gasteiger partial charge in [-0.1, -0.05) is 0 Å². The van der Waals surface area contributed by atoms with E-state index >= 15 is 0 Å². The third kappa shape index (κ3) is 2.67. The SMILES string of the molecule is Cc1ccc(C(C)NCc2ncccn2)o1. The van der Waals surface area contributed by atoms with Crippen LogP contribution in [-0.4, -0.2) is 9.97 Å². The van der Waals surface area contributed by atoms with Gasteiger partial charge in [-0.05, 0) is 32.0 Å². The van der Waals surface area contributed by atoms with Crippen molar-refractivity contribution in [1.82, 2.24) is 15.3 Å². The highest BCUT2D eigenvalue weighted by molar-refractivity contribution is 5.09. The highest BCUT2D eigenvalue weighted by atomic mass is 16.3. The number of hydrogen-bond acceptors (Lipinski definition) is 4. The van der Waals surface area contributed by atoms with Crippen LogP contribution in [0.3, 0.4) is 0 Å². The minimum absolute atomic E-state index is 0.164. The van der Waals surface area contributed by atoms with Gasteiger partial charge < -0.3 is 9.73 Å². The molecule has 4 nitrogen and oxygen atoms in total. The van der Waals surface area contributed by atoms with Crippen LogP contribution in [0.25, 0.3) is 0 Å². The molecule has 0 saturated carbocycles. The molecule has 0 aliphatic carbocycles. The molecule has 2 rings (SSSR count). The Kier molecular flexibility index (Phi) is 3.31. The standard InChI is InChI=1S/C12H15N3O/c1-9-4-5-11(16-9)10(2)15-8-12-13-6-3-7-14-12/h3-7,10,15H,8H2,1-2H3. The lowest BCUT2D eigenvalue weighted by Gasteiger charge is -2.10. The summed E-state index contributed by atoms with van der Waals surface area (Å²) in [4.78, 5) is 8.29. The summed E-state index contributed by atoms with van der Waals surface area (Å²) < 4.78 is 5.53. The second-order valence-electron chi connectivity index (χ2n) is 3.72. The molecule has 0 bridgehead atoms. The summed E-state index contributed by atoms with van der Waals surface area (Å²) in [6.45, 7) is 4.64. The van der Waals surface area contributed by atoms with Gasteiger partial charge in [0.25, 0.3) is 0 Å². The fourth-order valence-electron chi connectivity index (χ4n) is 1.45. The van der Waals surface area contributed by atoms with Gasteiger partial charge in [-0.15, -0.1) is 0 Å². The zero-order valence-corrected chi connectivity index (χ0v) is 9.47. The first-order chi connectivity index (χ1) is 7.75. The second kappa shape index (κ2) is 4.90. The van der Waals surface area contributed by atoms with E-state index in [1.807, 2.05) is 25.1 Å². The van der Waals surface area contributed by atoms with Crippen molar-refractivity contribution in [2.45, 2.75) is 26.4 Å². The maximum atomic E-state index is 5.53. The second-order valence-corrected chi connectivity index (χ2v) is 3.72. The van der Waals surface area contributed by atoms with E-state index in [1.54, 1.807) is 12.4 Å². The van der Waals surface area contributed by atoms with Gasteiger partial charge in [0.15, 0.2) is 0 Å². The number of nitrogens with one attached hydrogen (secondary N) is 1. The van der Waals surface area contributed by atoms with E-state index in [2.05, 4.69) is 22.2 Å². The molecule has 0 saturated heterocycles. The fourth-order valence-corrected chi connectivity index (χ4v) is 1.45. The van der Waals surface area contributed by atoms with E-state index in [4.69, 9.17) is 4.42 Å². The quantitative estimate of drug-likeness (QED) is 0.853. The van der Waals surface area contributed by atoms with Gasteiger partial charge >= 0.3 is 0 Å². The molecule has 1 unspecified atom stereocenters. The Hall–Kier alpha value is -1.68. The maximum absolute atomic E-state index is 5.53. The summed E-state index contributed by atoms with van der Waals surface area (Å²) in [5, 5.41) is 3.31. The maximum Gasteiger partial charge on any atom is 0.141 e. The van der Waals surface area contributed by atoms with E-state index in [0.29, 0.717) is 6.54 Å². The van der Waals surface area contributed by atoms with Gasteiger partial charge in [0, 0.05) is 12.4 Å². The Morgan fingerprint density at radius 1 is 1.31 bits per heavy atom. The topological polar surface area (TPSA) is 51.0 Å². The highest BCUT2D eigenvalue weighted by Crippen LogP contribution is 2.15. The Bertz CT molecular complexity index is 439. The Labute approximate surface area is 94.7 Å². The molecule has 0 amide bonds. The van der Waals surface area contributed by atoms with E-state index in [-0.39, 0.29) is 6.04 Å². The summed E-state index contributed by atoms with van der Waals surface area (Å²) in [6.07, 6.45) is 3.48. The van der Waals surface area contributed by atoms with Crippen molar-refractivity contribution in [3.8, 4) is 0 Å². The fraction of sp³-hybridized carbons (Fsp3) is 0.333. The molecule has 1 N–H and O–H groups in total. The average molecular weight is 217 g/mol. The van der Waals surface area contributed by atoms with Gasteiger partial charge in [-0.3, -0.25) is 0 Å². The Morgan fingerprint density at radius 2 is 2.06 bits per heavy atom. The lowest BCUT2D eigenvalue weighted by molar-refractivity contribution is 0.413. The number of furan rings is 1. The van der Waals surface area contributed by atoms with Crippen LogP contribution >= 0.6 is 0 Å². The van der Waals surface area contributed by atoms with Gasteiger partial charge in [-0.25, -0.2) is 9.97 Å². The third-order valence-electron chi connectivity index (χ3n) is 2.37. The zero-order valence-electron chi connectivity index (χ0n) is 9.47. The molecular formula is C12H15N3O. The predicted molar refractivity (Wildman–Crippen MR) is 60.7 cm³/mol. The average Bonchev–Trinajstić information content (AvgIpc) is 2.74. The van der Waals surface area contributed by atoms with Crippen LogP contribution in [0.15, 0.2) is 35.0 Å². The van der Waals surface area contributed by atoms with Crippen LogP contribution < -0.4 is 5.32 Å². The normalized spacial score (nSPS) is 12.6. The molecule has 0 fully saturated rings. The monoisotopic (exact) mass is 217 g/mol. The molecule has 2 heterocycles. The van der Waals surface area contributed by atoms with Gasteiger partial charge in [0.2, 0.25) is 0 Å². The molecule has 1 atom stereocenters. The highest BCUT2D eigenvalue weighted by Gasteiger charge is 2.08. The van der Waals surface area contributed by atoms with Crippen LogP contribution in [0.4, 0.5) is 0 Å². The molecule has 2 aromatic heterocycles.